The monoisotopic (exact) mass is 276 g/mol. The number of likely N-dealkylation sites (tertiary alicyclic amines) is 1. The van der Waals surface area contributed by atoms with Crippen LogP contribution in [0.1, 0.15) is 25.2 Å². The summed E-state index contributed by atoms with van der Waals surface area (Å²) in [5.74, 6) is 0.731. The zero-order valence-corrected chi connectivity index (χ0v) is 13.3. The van der Waals surface area contributed by atoms with Gasteiger partial charge in [-0.2, -0.15) is 0 Å². The fourth-order valence-electron chi connectivity index (χ4n) is 3.05. The van der Waals surface area contributed by atoms with Gasteiger partial charge in [-0.25, -0.2) is 0 Å². The van der Waals surface area contributed by atoms with E-state index >= 15 is 0 Å². The summed E-state index contributed by atoms with van der Waals surface area (Å²) in [7, 11) is 4.36. The lowest BCUT2D eigenvalue weighted by Gasteiger charge is -2.22. The molecule has 112 valence electrons. The highest BCUT2D eigenvalue weighted by atomic mass is 15.2. The van der Waals surface area contributed by atoms with Gasteiger partial charge in [-0.3, -0.25) is 9.88 Å². The molecule has 1 aliphatic rings. The van der Waals surface area contributed by atoms with Crippen LogP contribution in [0.3, 0.4) is 0 Å². The molecule has 0 aromatic carbocycles. The number of nitrogens with zero attached hydrogens (tertiary/aromatic N) is 3. The quantitative estimate of drug-likeness (QED) is 0.855. The number of rotatable bonds is 6. The molecule has 1 saturated heterocycles. The smallest absolute Gasteiger partial charge is 0.0547 e. The molecular weight excluding hydrogens is 248 g/mol. The number of likely N-dealkylation sites (N-methyl/N-ethyl adjacent to an activating group) is 1. The molecule has 0 amide bonds. The van der Waals surface area contributed by atoms with E-state index in [-0.39, 0.29) is 0 Å². The van der Waals surface area contributed by atoms with Crippen molar-refractivity contribution in [1.82, 2.24) is 20.1 Å². The highest BCUT2D eigenvalue weighted by Gasteiger charge is 2.30. The summed E-state index contributed by atoms with van der Waals surface area (Å²) in [5.41, 5.74) is 2.33. The maximum Gasteiger partial charge on any atom is 0.0547 e. The number of nitrogens with one attached hydrogen (secondary N) is 1. The molecule has 20 heavy (non-hydrogen) atoms. The number of hydrogen-bond donors (Lipinski definition) is 1. The molecule has 2 heterocycles. The Balaban J connectivity index is 1.93. The second-order valence-electron chi connectivity index (χ2n) is 6.10. The fourth-order valence-corrected chi connectivity index (χ4v) is 3.05. The lowest BCUT2D eigenvalue weighted by atomic mass is 10.1. The van der Waals surface area contributed by atoms with Gasteiger partial charge in [0, 0.05) is 32.2 Å². The van der Waals surface area contributed by atoms with Gasteiger partial charge in [-0.15, -0.1) is 0 Å². The van der Waals surface area contributed by atoms with Gasteiger partial charge in [0.2, 0.25) is 0 Å². The highest BCUT2D eigenvalue weighted by molar-refractivity contribution is 5.11. The van der Waals surface area contributed by atoms with E-state index in [1.54, 1.807) is 0 Å². The van der Waals surface area contributed by atoms with Crippen LogP contribution in [0.15, 0.2) is 18.2 Å². The highest BCUT2D eigenvalue weighted by Crippen LogP contribution is 2.21. The van der Waals surface area contributed by atoms with Crippen molar-refractivity contribution in [1.29, 1.82) is 0 Å². The Morgan fingerprint density at radius 3 is 2.70 bits per heavy atom. The van der Waals surface area contributed by atoms with Crippen molar-refractivity contribution in [3.05, 3.63) is 29.6 Å². The summed E-state index contributed by atoms with van der Waals surface area (Å²) in [6.07, 6.45) is 0. The summed E-state index contributed by atoms with van der Waals surface area (Å²) >= 11 is 0. The van der Waals surface area contributed by atoms with Gasteiger partial charge in [-0.05, 0) is 38.7 Å². The van der Waals surface area contributed by atoms with Crippen molar-refractivity contribution in [3.63, 3.8) is 0 Å². The third-order valence-corrected chi connectivity index (χ3v) is 4.12. The molecule has 0 aliphatic carbocycles. The Bertz CT molecular complexity index is 419. The van der Waals surface area contributed by atoms with Crippen molar-refractivity contribution in [3.8, 4) is 0 Å². The van der Waals surface area contributed by atoms with Crippen molar-refractivity contribution < 1.29 is 0 Å². The molecule has 0 spiro atoms. The summed E-state index contributed by atoms with van der Waals surface area (Å²) in [4.78, 5) is 9.62. The molecule has 1 N–H and O–H groups in total. The average molecular weight is 276 g/mol. The van der Waals surface area contributed by atoms with E-state index in [1.165, 1.54) is 12.2 Å². The molecule has 1 aromatic heterocycles. The van der Waals surface area contributed by atoms with Gasteiger partial charge in [0.05, 0.1) is 11.4 Å². The first-order chi connectivity index (χ1) is 9.60. The van der Waals surface area contributed by atoms with Crippen LogP contribution < -0.4 is 5.32 Å². The first-order valence-electron chi connectivity index (χ1n) is 7.64. The van der Waals surface area contributed by atoms with Crippen LogP contribution in [0.2, 0.25) is 0 Å². The minimum Gasteiger partial charge on any atom is -0.311 e. The standard InChI is InChI=1S/C16H28N4/c1-5-17-9-14-7-6-8-15(18-14)11-20-10-13(2)16(12-20)19(3)4/h6-8,13,16-17H,5,9-12H2,1-4H3. The van der Waals surface area contributed by atoms with E-state index < -0.39 is 0 Å². The van der Waals surface area contributed by atoms with E-state index in [0.717, 1.165) is 37.8 Å². The second-order valence-corrected chi connectivity index (χ2v) is 6.10. The summed E-state index contributed by atoms with van der Waals surface area (Å²) in [6, 6.07) is 7.03. The van der Waals surface area contributed by atoms with Crippen molar-refractivity contribution >= 4 is 0 Å². The largest absolute Gasteiger partial charge is 0.311 e. The minimum absolute atomic E-state index is 0.667. The molecule has 4 heteroatoms. The van der Waals surface area contributed by atoms with Crippen LogP contribution in [0.4, 0.5) is 0 Å². The zero-order valence-electron chi connectivity index (χ0n) is 13.3. The van der Waals surface area contributed by atoms with Gasteiger partial charge in [0.15, 0.2) is 0 Å². The molecule has 2 atom stereocenters. The average Bonchev–Trinajstić information content (AvgIpc) is 2.78. The molecule has 1 aliphatic heterocycles. The van der Waals surface area contributed by atoms with Crippen molar-refractivity contribution in [2.24, 2.45) is 5.92 Å². The number of pyridine rings is 1. The third-order valence-electron chi connectivity index (χ3n) is 4.12. The molecule has 0 bridgehead atoms. The third kappa shape index (κ3) is 4.01. The Morgan fingerprint density at radius 1 is 1.30 bits per heavy atom. The Kier molecular flexibility index (Phi) is 5.52. The van der Waals surface area contributed by atoms with Crippen LogP contribution >= 0.6 is 0 Å². The SMILES string of the molecule is CCNCc1cccc(CN2CC(C)C(N(C)C)C2)n1. The van der Waals surface area contributed by atoms with Gasteiger partial charge in [0.1, 0.15) is 0 Å². The first kappa shape index (κ1) is 15.4. The number of hydrogen-bond acceptors (Lipinski definition) is 4. The van der Waals surface area contributed by atoms with Gasteiger partial charge in [0.25, 0.3) is 0 Å². The fraction of sp³-hybridized carbons (Fsp3) is 0.688. The van der Waals surface area contributed by atoms with E-state index in [2.05, 4.69) is 61.3 Å². The molecule has 2 rings (SSSR count). The van der Waals surface area contributed by atoms with Crippen LogP contribution in [0, 0.1) is 5.92 Å². The van der Waals surface area contributed by atoms with Crippen LogP contribution in [-0.4, -0.2) is 54.6 Å². The van der Waals surface area contributed by atoms with E-state index in [0.29, 0.717) is 6.04 Å². The Morgan fingerprint density at radius 2 is 2.05 bits per heavy atom. The van der Waals surface area contributed by atoms with Gasteiger partial charge < -0.3 is 10.2 Å². The summed E-state index contributed by atoms with van der Waals surface area (Å²) < 4.78 is 0. The van der Waals surface area contributed by atoms with Crippen LogP contribution in [0.25, 0.3) is 0 Å². The molecule has 4 nitrogen and oxygen atoms in total. The lowest BCUT2D eigenvalue weighted by molar-refractivity contribution is 0.249. The van der Waals surface area contributed by atoms with Gasteiger partial charge in [-0.1, -0.05) is 19.9 Å². The first-order valence-corrected chi connectivity index (χ1v) is 7.64. The maximum absolute atomic E-state index is 4.75. The molecular formula is C16H28N4. The summed E-state index contributed by atoms with van der Waals surface area (Å²) in [6.45, 7) is 9.60. The Labute approximate surface area is 123 Å². The number of aromatic nitrogens is 1. The molecule has 0 radical (unpaired) electrons. The predicted octanol–water partition coefficient (Wildman–Crippen LogP) is 1.57. The zero-order chi connectivity index (χ0) is 14.5. The van der Waals surface area contributed by atoms with E-state index in [4.69, 9.17) is 4.98 Å². The lowest BCUT2D eigenvalue weighted by Crippen LogP contribution is -2.34. The summed E-state index contributed by atoms with van der Waals surface area (Å²) in [5, 5.41) is 3.33. The normalized spacial score (nSPS) is 23.6. The van der Waals surface area contributed by atoms with Crippen LogP contribution in [-0.2, 0) is 13.1 Å². The molecule has 1 aromatic rings. The van der Waals surface area contributed by atoms with Crippen molar-refractivity contribution in [2.45, 2.75) is 33.0 Å². The molecule has 2 unspecified atom stereocenters. The molecule has 1 fully saturated rings. The predicted molar refractivity (Wildman–Crippen MR) is 83.5 cm³/mol. The van der Waals surface area contributed by atoms with Gasteiger partial charge >= 0.3 is 0 Å². The van der Waals surface area contributed by atoms with E-state index in [9.17, 15) is 0 Å². The minimum atomic E-state index is 0.667. The molecule has 0 saturated carbocycles. The van der Waals surface area contributed by atoms with Crippen LogP contribution in [0.5, 0.6) is 0 Å². The topological polar surface area (TPSA) is 31.4 Å². The van der Waals surface area contributed by atoms with Crippen molar-refractivity contribution in [2.75, 3.05) is 33.7 Å². The second kappa shape index (κ2) is 7.16. The van der Waals surface area contributed by atoms with E-state index in [1.807, 2.05) is 0 Å². The maximum atomic E-state index is 4.75. The Hall–Kier alpha value is -0.970.